The monoisotopic (exact) mass is 339 g/mol. The fourth-order valence-corrected chi connectivity index (χ4v) is 2.66. The molecule has 0 heterocycles. The van der Waals surface area contributed by atoms with Crippen LogP contribution < -0.4 is 16.2 Å². The van der Waals surface area contributed by atoms with Gasteiger partial charge < -0.3 is 0 Å². The van der Waals surface area contributed by atoms with Crippen molar-refractivity contribution in [2.24, 2.45) is 5.92 Å². The van der Waals surface area contributed by atoms with Crippen molar-refractivity contribution in [3.05, 3.63) is 34.9 Å². The standard InChI is InChI=1S/C15H18ClN3O2S/c16-12-8-6-11(7-9-12)13(20)17-15(22)19-18-14(21)10-4-2-1-3-5-10/h6-10H,1-5H2,(H,18,21)(H2,17,19,20,22). The molecule has 2 amide bonds. The van der Waals surface area contributed by atoms with Crippen LogP contribution in [0.25, 0.3) is 0 Å². The Morgan fingerprint density at radius 2 is 1.68 bits per heavy atom. The molecule has 0 saturated heterocycles. The first-order chi connectivity index (χ1) is 10.6. The van der Waals surface area contributed by atoms with Gasteiger partial charge in [-0.05, 0) is 49.3 Å². The molecule has 1 fully saturated rings. The Kier molecular flexibility index (Phi) is 6.15. The number of hydrogen-bond acceptors (Lipinski definition) is 3. The predicted octanol–water partition coefficient (Wildman–Crippen LogP) is 2.56. The third-order valence-electron chi connectivity index (χ3n) is 3.61. The van der Waals surface area contributed by atoms with Crippen LogP contribution in [0, 0.1) is 5.92 Å². The van der Waals surface area contributed by atoms with Gasteiger partial charge in [0, 0.05) is 16.5 Å². The highest BCUT2D eigenvalue weighted by molar-refractivity contribution is 7.80. The fourth-order valence-electron chi connectivity index (χ4n) is 2.39. The number of carbonyl (C=O) groups excluding carboxylic acids is 2. The van der Waals surface area contributed by atoms with E-state index in [4.69, 9.17) is 23.8 Å². The van der Waals surface area contributed by atoms with Crippen LogP contribution in [0.3, 0.4) is 0 Å². The number of amides is 2. The highest BCUT2D eigenvalue weighted by Crippen LogP contribution is 2.23. The zero-order valence-corrected chi connectivity index (χ0v) is 13.6. The van der Waals surface area contributed by atoms with E-state index in [0.717, 1.165) is 25.7 Å². The lowest BCUT2D eigenvalue weighted by molar-refractivity contribution is -0.126. The molecule has 0 unspecified atom stereocenters. The van der Waals surface area contributed by atoms with Gasteiger partial charge in [-0.3, -0.25) is 25.8 Å². The van der Waals surface area contributed by atoms with Gasteiger partial charge in [0.25, 0.3) is 5.91 Å². The van der Waals surface area contributed by atoms with Crippen molar-refractivity contribution in [2.45, 2.75) is 32.1 Å². The van der Waals surface area contributed by atoms with Crippen LogP contribution >= 0.6 is 23.8 Å². The molecule has 2 rings (SSSR count). The molecular weight excluding hydrogens is 322 g/mol. The van der Waals surface area contributed by atoms with Crippen molar-refractivity contribution in [3.63, 3.8) is 0 Å². The second-order valence-corrected chi connectivity index (χ2v) is 6.08. The average Bonchev–Trinajstić information content (AvgIpc) is 2.54. The number of halogens is 1. The minimum absolute atomic E-state index is 0.0241. The topological polar surface area (TPSA) is 70.2 Å². The van der Waals surface area contributed by atoms with Crippen LogP contribution in [0.4, 0.5) is 0 Å². The summed E-state index contributed by atoms with van der Waals surface area (Å²) in [4.78, 5) is 23.9. The lowest BCUT2D eigenvalue weighted by Crippen LogP contribution is -2.50. The van der Waals surface area contributed by atoms with E-state index in [9.17, 15) is 9.59 Å². The van der Waals surface area contributed by atoms with Gasteiger partial charge in [0.2, 0.25) is 5.91 Å². The molecule has 1 aliphatic rings. The molecule has 7 heteroatoms. The molecule has 1 aromatic rings. The predicted molar refractivity (Wildman–Crippen MR) is 89.4 cm³/mol. The normalized spacial score (nSPS) is 15.0. The summed E-state index contributed by atoms with van der Waals surface area (Å²) in [5.41, 5.74) is 5.55. The van der Waals surface area contributed by atoms with Crippen LogP contribution in [0.15, 0.2) is 24.3 Å². The number of benzene rings is 1. The summed E-state index contributed by atoms with van der Waals surface area (Å²) in [6.45, 7) is 0. The number of hydrogen-bond donors (Lipinski definition) is 3. The fraction of sp³-hybridized carbons (Fsp3) is 0.400. The van der Waals surface area contributed by atoms with E-state index in [0.29, 0.717) is 10.6 Å². The molecule has 5 nitrogen and oxygen atoms in total. The van der Waals surface area contributed by atoms with Crippen LogP contribution in [-0.2, 0) is 4.79 Å². The number of nitrogens with one attached hydrogen (secondary N) is 3. The quantitative estimate of drug-likeness (QED) is 0.572. The maximum atomic E-state index is 11.9. The summed E-state index contributed by atoms with van der Waals surface area (Å²) in [7, 11) is 0. The molecule has 118 valence electrons. The molecule has 0 atom stereocenters. The van der Waals surface area contributed by atoms with Crippen molar-refractivity contribution in [3.8, 4) is 0 Å². The van der Waals surface area contributed by atoms with E-state index in [2.05, 4.69) is 16.2 Å². The highest BCUT2D eigenvalue weighted by atomic mass is 35.5. The van der Waals surface area contributed by atoms with Gasteiger partial charge in [-0.25, -0.2) is 0 Å². The van der Waals surface area contributed by atoms with E-state index in [1.54, 1.807) is 24.3 Å². The summed E-state index contributed by atoms with van der Waals surface area (Å²) in [6, 6.07) is 6.44. The molecule has 22 heavy (non-hydrogen) atoms. The summed E-state index contributed by atoms with van der Waals surface area (Å²) in [5.74, 6) is -0.417. The van der Waals surface area contributed by atoms with E-state index < -0.39 is 0 Å². The van der Waals surface area contributed by atoms with E-state index in [-0.39, 0.29) is 22.8 Å². The lowest BCUT2D eigenvalue weighted by atomic mass is 9.89. The molecule has 1 saturated carbocycles. The number of thiocarbonyl (C=S) groups is 1. The molecule has 1 aromatic carbocycles. The SMILES string of the molecule is O=C(NC(=S)NNC(=O)C1CCCCC1)c1ccc(Cl)cc1. The van der Waals surface area contributed by atoms with E-state index in [1.807, 2.05) is 0 Å². The van der Waals surface area contributed by atoms with E-state index in [1.165, 1.54) is 6.42 Å². The first-order valence-electron chi connectivity index (χ1n) is 7.23. The number of rotatable bonds is 2. The zero-order valence-electron chi connectivity index (χ0n) is 12.0. The minimum Gasteiger partial charge on any atom is -0.298 e. The highest BCUT2D eigenvalue weighted by Gasteiger charge is 2.21. The zero-order chi connectivity index (χ0) is 15.9. The van der Waals surface area contributed by atoms with Gasteiger partial charge in [-0.1, -0.05) is 30.9 Å². The van der Waals surface area contributed by atoms with Gasteiger partial charge in [-0.15, -0.1) is 0 Å². The summed E-state index contributed by atoms with van der Waals surface area (Å²) in [5, 5.41) is 3.11. The molecule has 0 aromatic heterocycles. The summed E-state index contributed by atoms with van der Waals surface area (Å²) >= 11 is 10.8. The number of hydrazine groups is 1. The molecule has 0 spiro atoms. The lowest BCUT2D eigenvalue weighted by Gasteiger charge is -2.21. The van der Waals surface area contributed by atoms with Crippen molar-refractivity contribution < 1.29 is 9.59 Å². The molecule has 0 radical (unpaired) electrons. The Hall–Kier alpha value is -1.66. The Bertz CT molecular complexity index is 556. The Morgan fingerprint density at radius 1 is 1.05 bits per heavy atom. The maximum Gasteiger partial charge on any atom is 0.257 e. The van der Waals surface area contributed by atoms with Gasteiger partial charge in [-0.2, -0.15) is 0 Å². The van der Waals surface area contributed by atoms with Gasteiger partial charge in [0.1, 0.15) is 0 Å². The van der Waals surface area contributed by atoms with Crippen LogP contribution in [0.1, 0.15) is 42.5 Å². The Balaban J connectivity index is 1.76. The minimum atomic E-state index is -0.360. The first-order valence-corrected chi connectivity index (χ1v) is 8.01. The van der Waals surface area contributed by atoms with Gasteiger partial charge >= 0.3 is 0 Å². The molecular formula is C15H18ClN3O2S. The molecule has 3 N–H and O–H groups in total. The van der Waals surface area contributed by atoms with Crippen LogP contribution in [0.5, 0.6) is 0 Å². The Labute approximate surface area is 139 Å². The third-order valence-corrected chi connectivity index (χ3v) is 4.06. The average molecular weight is 340 g/mol. The van der Waals surface area contributed by atoms with Gasteiger partial charge in [0.05, 0.1) is 0 Å². The molecule has 1 aliphatic carbocycles. The van der Waals surface area contributed by atoms with Crippen LogP contribution in [0.2, 0.25) is 5.02 Å². The van der Waals surface area contributed by atoms with Crippen molar-refractivity contribution in [2.75, 3.05) is 0 Å². The second-order valence-electron chi connectivity index (χ2n) is 5.24. The van der Waals surface area contributed by atoms with Crippen molar-refractivity contribution >= 4 is 40.7 Å². The molecule has 0 aliphatic heterocycles. The van der Waals surface area contributed by atoms with Crippen LogP contribution in [-0.4, -0.2) is 16.9 Å². The largest absolute Gasteiger partial charge is 0.298 e. The smallest absolute Gasteiger partial charge is 0.257 e. The van der Waals surface area contributed by atoms with Crippen molar-refractivity contribution in [1.29, 1.82) is 0 Å². The first kappa shape index (κ1) is 16.7. The summed E-state index contributed by atoms with van der Waals surface area (Å²) < 4.78 is 0. The van der Waals surface area contributed by atoms with E-state index >= 15 is 0 Å². The second kappa shape index (κ2) is 8.10. The Morgan fingerprint density at radius 3 is 2.32 bits per heavy atom. The maximum absolute atomic E-state index is 11.9. The molecule has 0 bridgehead atoms. The summed E-state index contributed by atoms with van der Waals surface area (Å²) in [6.07, 6.45) is 5.15. The van der Waals surface area contributed by atoms with Gasteiger partial charge in [0.15, 0.2) is 5.11 Å². The number of carbonyl (C=O) groups is 2. The third kappa shape index (κ3) is 4.96. The van der Waals surface area contributed by atoms with Crippen molar-refractivity contribution in [1.82, 2.24) is 16.2 Å².